The van der Waals surface area contributed by atoms with Crippen LogP contribution < -0.4 is 4.74 Å². The summed E-state index contributed by atoms with van der Waals surface area (Å²) in [5, 5.41) is 8.92. The lowest BCUT2D eigenvalue weighted by Crippen LogP contribution is -1.91. The van der Waals surface area contributed by atoms with E-state index in [4.69, 9.17) is 9.84 Å². The number of aliphatic hydroxyl groups excluding tert-OH is 1. The second-order valence-electron chi connectivity index (χ2n) is 2.89. The van der Waals surface area contributed by atoms with E-state index in [-0.39, 0.29) is 6.61 Å². The maximum absolute atomic E-state index is 8.92. The summed E-state index contributed by atoms with van der Waals surface area (Å²) in [5.74, 6) is 0.495. The molecule has 1 N–H and O–H groups in total. The molecule has 2 rings (SSSR count). The van der Waals surface area contributed by atoms with E-state index in [1.54, 1.807) is 13.3 Å². The van der Waals surface area contributed by atoms with Gasteiger partial charge in [-0.05, 0) is 17.7 Å². The lowest BCUT2D eigenvalue weighted by Gasteiger charge is -2.01. The van der Waals surface area contributed by atoms with Crippen LogP contribution in [0, 0.1) is 0 Å². The fourth-order valence-corrected chi connectivity index (χ4v) is 1.24. The number of hydrogen-bond donors (Lipinski definition) is 1. The van der Waals surface area contributed by atoms with Crippen molar-refractivity contribution < 1.29 is 9.84 Å². The van der Waals surface area contributed by atoms with E-state index in [2.05, 4.69) is 9.97 Å². The van der Waals surface area contributed by atoms with Crippen molar-refractivity contribution in [2.45, 2.75) is 6.61 Å². The van der Waals surface area contributed by atoms with Crippen LogP contribution in [-0.2, 0) is 6.61 Å². The van der Waals surface area contributed by atoms with E-state index in [0.29, 0.717) is 5.88 Å². The average molecular weight is 190 g/mol. The topological polar surface area (TPSA) is 55.2 Å². The molecular weight excluding hydrogens is 180 g/mol. The molecule has 0 fully saturated rings. The van der Waals surface area contributed by atoms with Gasteiger partial charge in [0, 0.05) is 0 Å². The molecule has 4 nitrogen and oxygen atoms in total. The summed E-state index contributed by atoms with van der Waals surface area (Å²) >= 11 is 0. The maximum atomic E-state index is 8.92. The Kier molecular flexibility index (Phi) is 2.28. The van der Waals surface area contributed by atoms with Crippen molar-refractivity contribution in [1.29, 1.82) is 0 Å². The van der Waals surface area contributed by atoms with Gasteiger partial charge in [0.1, 0.15) is 0 Å². The van der Waals surface area contributed by atoms with Crippen LogP contribution >= 0.6 is 0 Å². The second kappa shape index (κ2) is 3.59. The van der Waals surface area contributed by atoms with Crippen molar-refractivity contribution in [3.05, 3.63) is 30.0 Å². The number of ether oxygens (including phenoxy) is 1. The normalized spacial score (nSPS) is 10.4. The molecular formula is C10H10N2O2. The van der Waals surface area contributed by atoms with Crippen LogP contribution in [0.25, 0.3) is 11.0 Å². The minimum atomic E-state index is 0.0175. The summed E-state index contributed by atoms with van der Waals surface area (Å²) in [6.07, 6.45) is 1.56. The number of benzene rings is 1. The van der Waals surface area contributed by atoms with Crippen molar-refractivity contribution in [3.63, 3.8) is 0 Å². The molecule has 0 aliphatic carbocycles. The molecule has 0 aliphatic rings. The van der Waals surface area contributed by atoms with Crippen LogP contribution in [0.3, 0.4) is 0 Å². The van der Waals surface area contributed by atoms with Crippen LogP contribution in [0.5, 0.6) is 5.88 Å². The Balaban J connectivity index is 2.57. The largest absolute Gasteiger partial charge is 0.480 e. The first kappa shape index (κ1) is 8.90. The molecule has 0 radical (unpaired) electrons. The quantitative estimate of drug-likeness (QED) is 0.771. The number of aromatic nitrogens is 2. The summed E-state index contributed by atoms with van der Waals surface area (Å²) < 4.78 is 4.96. The van der Waals surface area contributed by atoms with Gasteiger partial charge in [0.15, 0.2) is 0 Å². The van der Waals surface area contributed by atoms with Gasteiger partial charge >= 0.3 is 0 Å². The van der Waals surface area contributed by atoms with Gasteiger partial charge in [-0.3, -0.25) is 0 Å². The Morgan fingerprint density at radius 3 is 2.93 bits per heavy atom. The highest BCUT2D eigenvalue weighted by molar-refractivity contribution is 5.75. The lowest BCUT2D eigenvalue weighted by molar-refractivity contribution is 0.282. The van der Waals surface area contributed by atoms with Gasteiger partial charge in [-0.1, -0.05) is 6.07 Å². The van der Waals surface area contributed by atoms with Crippen molar-refractivity contribution in [2.24, 2.45) is 0 Å². The first-order valence-electron chi connectivity index (χ1n) is 4.24. The second-order valence-corrected chi connectivity index (χ2v) is 2.89. The molecule has 0 saturated heterocycles. The SMILES string of the molecule is COc1cnc2cc(CO)ccc2n1. The van der Waals surface area contributed by atoms with Gasteiger partial charge in [-0.25, -0.2) is 9.97 Å². The Morgan fingerprint density at radius 2 is 2.21 bits per heavy atom. The maximum Gasteiger partial charge on any atom is 0.232 e. The first-order chi connectivity index (χ1) is 6.83. The van der Waals surface area contributed by atoms with Gasteiger partial charge in [0.25, 0.3) is 0 Å². The van der Waals surface area contributed by atoms with Crippen molar-refractivity contribution >= 4 is 11.0 Å². The molecule has 1 aromatic carbocycles. The fourth-order valence-electron chi connectivity index (χ4n) is 1.24. The molecule has 72 valence electrons. The first-order valence-corrected chi connectivity index (χ1v) is 4.24. The third-order valence-corrected chi connectivity index (χ3v) is 1.98. The molecule has 1 aromatic heterocycles. The van der Waals surface area contributed by atoms with E-state index in [1.807, 2.05) is 18.2 Å². The molecule has 0 spiro atoms. The molecule has 4 heteroatoms. The third kappa shape index (κ3) is 1.52. The highest BCUT2D eigenvalue weighted by atomic mass is 16.5. The predicted molar refractivity (Wildman–Crippen MR) is 52.0 cm³/mol. The summed E-state index contributed by atoms with van der Waals surface area (Å²) in [4.78, 5) is 8.36. The zero-order valence-electron chi connectivity index (χ0n) is 7.77. The standard InChI is InChI=1S/C10H10N2O2/c1-14-10-5-11-9-4-7(6-13)2-3-8(9)12-10/h2-5,13H,6H2,1H3. The monoisotopic (exact) mass is 190 g/mol. The van der Waals surface area contributed by atoms with Crippen molar-refractivity contribution in [1.82, 2.24) is 9.97 Å². The van der Waals surface area contributed by atoms with Crippen LogP contribution in [0.4, 0.5) is 0 Å². The average Bonchev–Trinajstić information content (AvgIpc) is 2.27. The number of aliphatic hydroxyl groups is 1. The number of methoxy groups -OCH3 is 1. The molecule has 0 atom stereocenters. The summed E-state index contributed by atoms with van der Waals surface area (Å²) in [6, 6.07) is 5.44. The van der Waals surface area contributed by atoms with Gasteiger partial charge in [-0.15, -0.1) is 0 Å². The summed E-state index contributed by atoms with van der Waals surface area (Å²) in [5.41, 5.74) is 2.36. The smallest absolute Gasteiger partial charge is 0.232 e. The minimum Gasteiger partial charge on any atom is -0.480 e. The molecule has 14 heavy (non-hydrogen) atoms. The third-order valence-electron chi connectivity index (χ3n) is 1.98. The van der Waals surface area contributed by atoms with Crippen molar-refractivity contribution in [2.75, 3.05) is 7.11 Å². The molecule has 0 bridgehead atoms. The summed E-state index contributed by atoms with van der Waals surface area (Å²) in [7, 11) is 1.55. The van der Waals surface area contributed by atoms with Gasteiger partial charge in [0.2, 0.25) is 5.88 Å². The van der Waals surface area contributed by atoms with Gasteiger partial charge < -0.3 is 9.84 Å². The number of nitrogens with zero attached hydrogens (tertiary/aromatic N) is 2. The lowest BCUT2D eigenvalue weighted by atomic mass is 10.2. The molecule has 1 heterocycles. The zero-order valence-corrected chi connectivity index (χ0v) is 7.77. The highest BCUT2D eigenvalue weighted by Crippen LogP contribution is 2.14. The summed E-state index contributed by atoms with van der Waals surface area (Å²) in [6.45, 7) is 0.0175. The van der Waals surface area contributed by atoms with Crippen LogP contribution in [-0.4, -0.2) is 22.2 Å². The van der Waals surface area contributed by atoms with E-state index < -0.39 is 0 Å². The predicted octanol–water partition coefficient (Wildman–Crippen LogP) is 1.13. The van der Waals surface area contributed by atoms with Crippen molar-refractivity contribution in [3.8, 4) is 5.88 Å². The number of rotatable bonds is 2. The molecule has 2 aromatic rings. The highest BCUT2D eigenvalue weighted by Gasteiger charge is 2.00. The number of hydrogen-bond acceptors (Lipinski definition) is 4. The Hall–Kier alpha value is -1.68. The Labute approximate surface area is 81.2 Å². The van der Waals surface area contributed by atoms with Crippen LogP contribution in [0.15, 0.2) is 24.4 Å². The van der Waals surface area contributed by atoms with Crippen LogP contribution in [0.2, 0.25) is 0 Å². The van der Waals surface area contributed by atoms with Gasteiger partial charge in [-0.2, -0.15) is 0 Å². The molecule has 0 amide bonds. The Morgan fingerprint density at radius 1 is 1.36 bits per heavy atom. The van der Waals surface area contributed by atoms with E-state index >= 15 is 0 Å². The van der Waals surface area contributed by atoms with Gasteiger partial charge in [0.05, 0.1) is 30.9 Å². The van der Waals surface area contributed by atoms with Crippen LogP contribution in [0.1, 0.15) is 5.56 Å². The van der Waals surface area contributed by atoms with E-state index in [0.717, 1.165) is 16.6 Å². The zero-order chi connectivity index (χ0) is 9.97. The van der Waals surface area contributed by atoms with E-state index in [9.17, 15) is 0 Å². The minimum absolute atomic E-state index is 0.0175. The number of fused-ring (bicyclic) bond motifs is 1. The fraction of sp³-hybridized carbons (Fsp3) is 0.200. The molecule has 0 aliphatic heterocycles. The Bertz CT molecular complexity index is 414. The molecule has 0 unspecified atom stereocenters. The van der Waals surface area contributed by atoms with E-state index in [1.165, 1.54) is 0 Å². The molecule has 0 saturated carbocycles.